The lowest BCUT2D eigenvalue weighted by molar-refractivity contribution is 0.267. The van der Waals surface area contributed by atoms with Gasteiger partial charge in [-0.2, -0.15) is 0 Å². The number of para-hydroxylation sites is 1. The Bertz CT molecular complexity index is 296. The van der Waals surface area contributed by atoms with Gasteiger partial charge in [0.2, 0.25) is 0 Å². The molecule has 0 aromatic heterocycles. The molecule has 1 aromatic rings. The highest BCUT2D eigenvalue weighted by molar-refractivity contribution is 5.43. The maximum Gasteiger partial charge on any atom is 0.0342 e. The van der Waals surface area contributed by atoms with Crippen molar-refractivity contribution in [2.45, 2.75) is 45.6 Å². The van der Waals surface area contributed by atoms with Crippen molar-refractivity contribution in [2.75, 3.05) is 5.32 Å². The van der Waals surface area contributed by atoms with E-state index in [4.69, 9.17) is 0 Å². The minimum Gasteiger partial charge on any atom is -0.382 e. The zero-order valence-corrected chi connectivity index (χ0v) is 10.4. The molecule has 0 unspecified atom stereocenters. The van der Waals surface area contributed by atoms with E-state index in [2.05, 4.69) is 49.5 Å². The van der Waals surface area contributed by atoms with Crippen molar-refractivity contribution in [1.82, 2.24) is 0 Å². The molecule has 0 spiro atoms. The third-order valence-corrected chi connectivity index (χ3v) is 3.86. The van der Waals surface area contributed by atoms with Crippen LogP contribution in [0.25, 0.3) is 0 Å². The number of rotatable bonds is 3. The molecule has 1 heteroatoms. The Labute approximate surface area is 99.3 Å². The second-order valence-corrected chi connectivity index (χ2v) is 5.37. The van der Waals surface area contributed by atoms with Crippen molar-refractivity contribution in [3.05, 3.63) is 30.3 Å². The van der Waals surface area contributed by atoms with Gasteiger partial charge in [0, 0.05) is 11.7 Å². The molecule has 0 radical (unpaired) electrons. The second kappa shape index (κ2) is 5.38. The van der Waals surface area contributed by atoms with Crippen LogP contribution >= 0.6 is 0 Å². The molecule has 1 aromatic carbocycles. The molecule has 0 bridgehead atoms. The molecular formula is C15H23N. The van der Waals surface area contributed by atoms with E-state index in [0.717, 1.165) is 11.8 Å². The molecule has 2 rings (SSSR count). The Balaban J connectivity index is 1.82. The summed E-state index contributed by atoms with van der Waals surface area (Å²) in [6.45, 7) is 4.71. The maximum absolute atomic E-state index is 3.64. The first-order valence-corrected chi connectivity index (χ1v) is 6.57. The standard InChI is InChI=1S/C15H23N/c1-12(2)13-8-10-15(11-9-13)16-14-6-4-3-5-7-14/h3-7,12-13,15-16H,8-11H2,1-2H3. The van der Waals surface area contributed by atoms with Crippen molar-refractivity contribution in [2.24, 2.45) is 11.8 Å². The van der Waals surface area contributed by atoms with Crippen molar-refractivity contribution >= 4 is 5.69 Å². The average molecular weight is 217 g/mol. The van der Waals surface area contributed by atoms with Crippen LogP contribution in [-0.2, 0) is 0 Å². The SMILES string of the molecule is CC(C)C1CCC(Nc2ccccc2)CC1. The molecule has 88 valence electrons. The molecular weight excluding hydrogens is 194 g/mol. The van der Waals surface area contributed by atoms with Gasteiger partial charge >= 0.3 is 0 Å². The molecule has 1 fully saturated rings. The smallest absolute Gasteiger partial charge is 0.0342 e. The van der Waals surface area contributed by atoms with Crippen LogP contribution in [-0.4, -0.2) is 6.04 Å². The molecule has 1 saturated carbocycles. The number of hydrogen-bond acceptors (Lipinski definition) is 1. The molecule has 0 saturated heterocycles. The Hall–Kier alpha value is -0.980. The van der Waals surface area contributed by atoms with Crippen LogP contribution in [0, 0.1) is 11.8 Å². The molecule has 1 N–H and O–H groups in total. The first kappa shape index (κ1) is 11.5. The van der Waals surface area contributed by atoms with E-state index >= 15 is 0 Å². The minimum absolute atomic E-state index is 0.692. The third kappa shape index (κ3) is 3.01. The van der Waals surface area contributed by atoms with Gasteiger partial charge in [-0.25, -0.2) is 0 Å². The van der Waals surface area contributed by atoms with E-state index in [1.54, 1.807) is 0 Å². The van der Waals surface area contributed by atoms with E-state index in [1.807, 2.05) is 0 Å². The largest absolute Gasteiger partial charge is 0.382 e. The third-order valence-electron chi connectivity index (χ3n) is 3.86. The van der Waals surface area contributed by atoms with Gasteiger partial charge in [-0.05, 0) is 49.7 Å². The Morgan fingerprint density at radius 1 is 1.00 bits per heavy atom. The molecule has 1 aliphatic rings. The Morgan fingerprint density at radius 2 is 1.62 bits per heavy atom. The summed E-state index contributed by atoms with van der Waals surface area (Å²) >= 11 is 0. The number of hydrogen-bond donors (Lipinski definition) is 1. The zero-order valence-electron chi connectivity index (χ0n) is 10.4. The fourth-order valence-corrected chi connectivity index (χ4v) is 2.70. The van der Waals surface area contributed by atoms with Crippen LogP contribution < -0.4 is 5.32 Å². The molecule has 0 atom stereocenters. The Morgan fingerprint density at radius 3 is 2.19 bits per heavy atom. The quantitative estimate of drug-likeness (QED) is 0.795. The number of nitrogens with one attached hydrogen (secondary N) is 1. The summed E-state index contributed by atoms with van der Waals surface area (Å²) in [7, 11) is 0. The van der Waals surface area contributed by atoms with Crippen molar-refractivity contribution in [3.63, 3.8) is 0 Å². The minimum atomic E-state index is 0.692. The Kier molecular flexibility index (Phi) is 3.87. The molecule has 16 heavy (non-hydrogen) atoms. The van der Waals surface area contributed by atoms with Crippen LogP contribution in [0.1, 0.15) is 39.5 Å². The lowest BCUT2D eigenvalue weighted by Crippen LogP contribution is -2.27. The highest BCUT2D eigenvalue weighted by Gasteiger charge is 2.22. The summed E-state index contributed by atoms with van der Waals surface area (Å²) in [6.07, 6.45) is 5.44. The van der Waals surface area contributed by atoms with Gasteiger partial charge in [0.15, 0.2) is 0 Å². The van der Waals surface area contributed by atoms with E-state index in [9.17, 15) is 0 Å². The van der Waals surface area contributed by atoms with Crippen LogP contribution in [0.2, 0.25) is 0 Å². The zero-order chi connectivity index (χ0) is 11.4. The van der Waals surface area contributed by atoms with Gasteiger partial charge in [0.1, 0.15) is 0 Å². The summed E-state index contributed by atoms with van der Waals surface area (Å²) in [6, 6.07) is 11.3. The van der Waals surface area contributed by atoms with E-state index < -0.39 is 0 Å². The molecule has 0 heterocycles. The molecule has 1 aliphatic carbocycles. The lowest BCUT2D eigenvalue weighted by atomic mass is 9.79. The van der Waals surface area contributed by atoms with E-state index in [0.29, 0.717) is 6.04 Å². The first-order valence-electron chi connectivity index (χ1n) is 6.57. The molecule has 0 aliphatic heterocycles. The van der Waals surface area contributed by atoms with Crippen LogP contribution in [0.4, 0.5) is 5.69 Å². The fraction of sp³-hybridized carbons (Fsp3) is 0.600. The molecule has 1 nitrogen and oxygen atoms in total. The van der Waals surface area contributed by atoms with Crippen molar-refractivity contribution in [1.29, 1.82) is 0 Å². The topological polar surface area (TPSA) is 12.0 Å². The maximum atomic E-state index is 3.64. The highest BCUT2D eigenvalue weighted by Crippen LogP contribution is 2.31. The van der Waals surface area contributed by atoms with Gasteiger partial charge in [0.05, 0.1) is 0 Å². The highest BCUT2D eigenvalue weighted by atomic mass is 14.9. The summed E-state index contributed by atoms with van der Waals surface area (Å²) in [5, 5.41) is 3.64. The summed E-state index contributed by atoms with van der Waals surface area (Å²) in [4.78, 5) is 0. The van der Waals surface area contributed by atoms with Crippen LogP contribution in [0.3, 0.4) is 0 Å². The van der Waals surface area contributed by atoms with Gasteiger partial charge in [0.25, 0.3) is 0 Å². The van der Waals surface area contributed by atoms with E-state index in [1.165, 1.54) is 31.4 Å². The van der Waals surface area contributed by atoms with Crippen LogP contribution in [0.5, 0.6) is 0 Å². The second-order valence-electron chi connectivity index (χ2n) is 5.37. The summed E-state index contributed by atoms with van der Waals surface area (Å²) in [5.74, 6) is 1.81. The predicted molar refractivity (Wildman–Crippen MR) is 70.6 cm³/mol. The van der Waals surface area contributed by atoms with Gasteiger partial charge in [-0.1, -0.05) is 32.0 Å². The summed E-state index contributed by atoms with van der Waals surface area (Å²) in [5.41, 5.74) is 1.27. The van der Waals surface area contributed by atoms with Crippen molar-refractivity contribution < 1.29 is 0 Å². The monoisotopic (exact) mass is 217 g/mol. The summed E-state index contributed by atoms with van der Waals surface area (Å²) < 4.78 is 0. The number of benzene rings is 1. The van der Waals surface area contributed by atoms with Crippen molar-refractivity contribution in [3.8, 4) is 0 Å². The van der Waals surface area contributed by atoms with Gasteiger partial charge in [-0.15, -0.1) is 0 Å². The van der Waals surface area contributed by atoms with Crippen LogP contribution in [0.15, 0.2) is 30.3 Å². The lowest BCUT2D eigenvalue weighted by Gasteiger charge is -2.31. The number of anilines is 1. The van der Waals surface area contributed by atoms with E-state index in [-0.39, 0.29) is 0 Å². The first-order chi connectivity index (χ1) is 7.75. The predicted octanol–water partition coefficient (Wildman–Crippen LogP) is 4.31. The molecule has 0 amide bonds. The average Bonchev–Trinajstić information content (AvgIpc) is 2.31. The normalized spacial score (nSPS) is 25.7. The van der Waals surface area contributed by atoms with Gasteiger partial charge in [-0.3, -0.25) is 0 Å². The van der Waals surface area contributed by atoms with Gasteiger partial charge < -0.3 is 5.32 Å². The fourth-order valence-electron chi connectivity index (χ4n) is 2.70.